The number of nitrogens with one attached hydrogen (secondary N) is 1. The number of methoxy groups -OCH3 is 1. The standard InChI is InChI=1S/C14H12BrClN2O3/c1-20-12-10(15)7-17-13(16)11(12)18-14(19)21-8-9-5-3-2-4-6-9/h2-7H,8H2,1H3,(H,18,19). The smallest absolute Gasteiger partial charge is 0.412 e. The van der Waals surface area contributed by atoms with E-state index in [1.54, 1.807) is 0 Å². The van der Waals surface area contributed by atoms with E-state index < -0.39 is 6.09 Å². The van der Waals surface area contributed by atoms with Crippen LogP contribution in [0.4, 0.5) is 10.5 Å². The van der Waals surface area contributed by atoms with Crippen molar-refractivity contribution in [2.24, 2.45) is 0 Å². The molecule has 2 rings (SSSR count). The average Bonchev–Trinajstić information content (AvgIpc) is 2.50. The molecule has 1 aromatic heterocycles. The lowest BCUT2D eigenvalue weighted by atomic mass is 10.2. The first-order valence-corrected chi connectivity index (χ1v) is 7.14. The van der Waals surface area contributed by atoms with Crippen molar-refractivity contribution in [1.82, 2.24) is 4.98 Å². The van der Waals surface area contributed by atoms with Gasteiger partial charge in [0.15, 0.2) is 10.9 Å². The summed E-state index contributed by atoms with van der Waals surface area (Å²) in [4.78, 5) is 15.8. The van der Waals surface area contributed by atoms with Crippen LogP contribution in [0.2, 0.25) is 5.15 Å². The molecule has 0 saturated heterocycles. The van der Waals surface area contributed by atoms with Crippen LogP contribution in [0.3, 0.4) is 0 Å². The normalized spacial score (nSPS) is 10.0. The van der Waals surface area contributed by atoms with Crippen molar-refractivity contribution in [1.29, 1.82) is 0 Å². The number of halogens is 2. The molecule has 2 aromatic rings. The molecule has 21 heavy (non-hydrogen) atoms. The summed E-state index contributed by atoms with van der Waals surface area (Å²) in [5.41, 5.74) is 1.14. The SMILES string of the molecule is COc1c(Br)cnc(Cl)c1NC(=O)OCc1ccccc1. The summed E-state index contributed by atoms with van der Waals surface area (Å²) in [5.74, 6) is 0.381. The van der Waals surface area contributed by atoms with E-state index in [-0.39, 0.29) is 17.4 Å². The van der Waals surface area contributed by atoms with E-state index >= 15 is 0 Å². The predicted molar refractivity (Wildman–Crippen MR) is 83.7 cm³/mol. The summed E-state index contributed by atoms with van der Waals surface area (Å²) in [6.07, 6.45) is 0.848. The van der Waals surface area contributed by atoms with E-state index in [1.807, 2.05) is 30.3 Å². The molecular weight excluding hydrogens is 360 g/mol. The van der Waals surface area contributed by atoms with Crippen molar-refractivity contribution in [3.63, 3.8) is 0 Å². The number of carbonyl (C=O) groups excluding carboxylic acids is 1. The number of ether oxygens (including phenoxy) is 2. The van der Waals surface area contributed by atoms with Crippen LogP contribution in [0.25, 0.3) is 0 Å². The fourth-order valence-corrected chi connectivity index (χ4v) is 2.26. The number of pyridine rings is 1. The van der Waals surface area contributed by atoms with Crippen molar-refractivity contribution < 1.29 is 14.3 Å². The minimum Gasteiger partial charge on any atom is -0.493 e. The van der Waals surface area contributed by atoms with E-state index in [1.165, 1.54) is 13.3 Å². The molecule has 7 heteroatoms. The molecule has 0 radical (unpaired) electrons. The van der Waals surface area contributed by atoms with Crippen LogP contribution >= 0.6 is 27.5 Å². The Morgan fingerprint density at radius 3 is 2.76 bits per heavy atom. The number of aromatic nitrogens is 1. The zero-order valence-electron chi connectivity index (χ0n) is 11.1. The molecule has 0 aliphatic heterocycles. The molecule has 0 atom stereocenters. The van der Waals surface area contributed by atoms with Gasteiger partial charge < -0.3 is 9.47 Å². The fraction of sp³-hybridized carbons (Fsp3) is 0.143. The molecule has 1 amide bonds. The molecule has 5 nitrogen and oxygen atoms in total. The monoisotopic (exact) mass is 370 g/mol. The van der Waals surface area contributed by atoms with E-state index in [9.17, 15) is 4.79 Å². The van der Waals surface area contributed by atoms with Crippen LogP contribution in [0.1, 0.15) is 5.56 Å². The zero-order chi connectivity index (χ0) is 15.2. The Balaban J connectivity index is 2.05. The first kappa shape index (κ1) is 15.6. The van der Waals surface area contributed by atoms with E-state index in [0.29, 0.717) is 10.2 Å². The summed E-state index contributed by atoms with van der Waals surface area (Å²) in [6.45, 7) is 0.161. The van der Waals surface area contributed by atoms with Crippen LogP contribution in [0, 0.1) is 0 Å². The lowest BCUT2D eigenvalue weighted by Gasteiger charge is -2.12. The van der Waals surface area contributed by atoms with Gasteiger partial charge in [-0.3, -0.25) is 5.32 Å². The Kier molecular flexibility index (Phi) is 5.41. The highest BCUT2D eigenvalue weighted by atomic mass is 79.9. The van der Waals surface area contributed by atoms with Crippen molar-refractivity contribution in [2.45, 2.75) is 6.61 Å². The third-order valence-corrected chi connectivity index (χ3v) is 3.44. The summed E-state index contributed by atoms with van der Waals surface area (Å²) in [5, 5.41) is 2.65. The van der Waals surface area contributed by atoms with Crippen LogP contribution in [0.5, 0.6) is 5.75 Å². The van der Waals surface area contributed by atoms with Crippen LogP contribution < -0.4 is 10.1 Å². The molecule has 0 saturated carbocycles. The van der Waals surface area contributed by atoms with Gasteiger partial charge in [-0.25, -0.2) is 9.78 Å². The van der Waals surface area contributed by atoms with E-state index in [0.717, 1.165) is 5.56 Å². The van der Waals surface area contributed by atoms with E-state index in [2.05, 4.69) is 26.2 Å². The van der Waals surface area contributed by atoms with Gasteiger partial charge in [0.25, 0.3) is 0 Å². The quantitative estimate of drug-likeness (QED) is 0.816. The van der Waals surface area contributed by atoms with Crippen molar-refractivity contribution in [3.05, 3.63) is 51.7 Å². The topological polar surface area (TPSA) is 60.5 Å². The average molecular weight is 372 g/mol. The number of hydrogen-bond acceptors (Lipinski definition) is 4. The Bertz CT molecular complexity index is 638. The third-order valence-electron chi connectivity index (χ3n) is 2.59. The van der Waals surface area contributed by atoms with Gasteiger partial charge in [0.2, 0.25) is 0 Å². The zero-order valence-corrected chi connectivity index (χ0v) is 13.4. The first-order valence-electron chi connectivity index (χ1n) is 5.97. The number of rotatable bonds is 4. The minimum atomic E-state index is -0.640. The second-order valence-electron chi connectivity index (χ2n) is 3.99. The minimum absolute atomic E-state index is 0.117. The van der Waals surface area contributed by atoms with E-state index in [4.69, 9.17) is 21.1 Å². The summed E-state index contributed by atoms with van der Waals surface area (Å²) < 4.78 is 10.9. The van der Waals surface area contributed by atoms with Gasteiger partial charge in [-0.05, 0) is 21.5 Å². The highest BCUT2D eigenvalue weighted by Crippen LogP contribution is 2.37. The predicted octanol–water partition coefficient (Wildman–Crippen LogP) is 4.25. The number of nitrogens with zero attached hydrogens (tertiary/aromatic N) is 1. The molecule has 1 N–H and O–H groups in total. The second kappa shape index (κ2) is 7.28. The van der Waals surface area contributed by atoms with Gasteiger partial charge in [-0.15, -0.1) is 0 Å². The van der Waals surface area contributed by atoms with Gasteiger partial charge in [0, 0.05) is 6.20 Å². The van der Waals surface area contributed by atoms with Crippen LogP contribution in [-0.2, 0) is 11.3 Å². The largest absolute Gasteiger partial charge is 0.493 e. The van der Waals surface area contributed by atoms with Crippen molar-refractivity contribution in [2.75, 3.05) is 12.4 Å². The molecule has 0 aliphatic rings. The lowest BCUT2D eigenvalue weighted by molar-refractivity contribution is 0.155. The fourth-order valence-electron chi connectivity index (χ4n) is 1.62. The molecule has 0 bridgehead atoms. The molecule has 0 unspecified atom stereocenters. The molecule has 0 aliphatic carbocycles. The molecular formula is C14H12BrClN2O3. The molecule has 0 fully saturated rings. The van der Waals surface area contributed by atoms with Gasteiger partial charge in [0.1, 0.15) is 12.3 Å². The Morgan fingerprint density at radius 2 is 2.10 bits per heavy atom. The van der Waals surface area contributed by atoms with Crippen LogP contribution in [0.15, 0.2) is 41.0 Å². The van der Waals surface area contributed by atoms with Gasteiger partial charge >= 0.3 is 6.09 Å². The lowest BCUT2D eigenvalue weighted by Crippen LogP contribution is -2.15. The number of carbonyl (C=O) groups is 1. The Morgan fingerprint density at radius 1 is 1.38 bits per heavy atom. The maximum Gasteiger partial charge on any atom is 0.412 e. The summed E-state index contributed by atoms with van der Waals surface area (Å²) in [7, 11) is 1.47. The third kappa shape index (κ3) is 4.09. The van der Waals surface area contributed by atoms with Gasteiger partial charge in [0.05, 0.1) is 11.6 Å². The van der Waals surface area contributed by atoms with Gasteiger partial charge in [-0.1, -0.05) is 41.9 Å². The highest BCUT2D eigenvalue weighted by Gasteiger charge is 2.16. The van der Waals surface area contributed by atoms with Crippen molar-refractivity contribution >= 4 is 39.3 Å². The second-order valence-corrected chi connectivity index (χ2v) is 5.20. The number of amides is 1. The Labute approximate surface area is 135 Å². The maximum absolute atomic E-state index is 11.8. The van der Waals surface area contributed by atoms with Gasteiger partial charge in [-0.2, -0.15) is 0 Å². The number of hydrogen-bond donors (Lipinski definition) is 1. The first-order chi connectivity index (χ1) is 10.1. The summed E-state index contributed by atoms with van der Waals surface area (Å²) >= 11 is 9.23. The molecule has 0 spiro atoms. The Hall–Kier alpha value is -1.79. The highest BCUT2D eigenvalue weighted by molar-refractivity contribution is 9.10. The maximum atomic E-state index is 11.8. The number of anilines is 1. The molecule has 110 valence electrons. The molecule has 1 heterocycles. The number of benzene rings is 1. The molecule has 1 aromatic carbocycles. The van der Waals surface area contributed by atoms with Crippen LogP contribution in [-0.4, -0.2) is 18.2 Å². The summed E-state index contributed by atoms with van der Waals surface area (Å²) in [6, 6.07) is 9.35. The van der Waals surface area contributed by atoms with Crippen molar-refractivity contribution in [3.8, 4) is 5.75 Å².